The lowest BCUT2D eigenvalue weighted by molar-refractivity contribution is 0.0697. The van der Waals surface area contributed by atoms with Crippen molar-refractivity contribution in [3.8, 4) is 0 Å². The molecule has 0 saturated carbocycles. The Kier molecular flexibility index (Phi) is 3.36. The van der Waals surface area contributed by atoms with Crippen molar-refractivity contribution in [2.24, 2.45) is 5.92 Å². The molecule has 1 N–H and O–H groups in total. The third kappa shape index (κ3) is 2.60. The summed E-state index contributed by atoms with van der Waals surface area (Å²) in [5.74, 6) is -0.191. The van der Waals surface area contributed by atoms with Crippen LogP contribution >= 0.6 is 0 Å². The highest BCUT2D eigenvalue weighted by atomic mass is 16.4. The summed E-state index contributed by atoms with van der Waals surface area (Å²) in [5, 5.41) is 9.23. The van der Waals surface area contributed by atoms with E-state index in [-0.39, 0.29) is 0 Å². The van der Waals surface area contributed by atoms with Gasteiger partial charge in [-0.05, 0) is 43.4 Å². The van der Waals surface area contributed by atoms with E-state index in [9.17, 15) is 9.90 Å². The van der Waals surface area contributed by atoms with Crippen LogP contribution in [0.4, 0.5) is 5.69 Å². The molecule has 1 aromatic rings. The number of carboxylic acid groups (broad SMARTS) is 1. The Hall–Kier alpha value is -1.51. The second kappa shape index (κ2) is 4.78. The van der Waals surface area contributed by atoms with Crippen LogP contribution < -0.4 is 4.90 Å². The molecular weight excluding hydrogens is 214 g/mol. The van der Waals surface area contributed by atoms with Gasteiger partial charge in [-0.3, -0.25) is 0 Å². The molecule has 0 amide bonds. The quantitative estimate of drug-likeness (QED) is 0.853. The lowest BCUT2D eigenvalue weighted by Gasteiger charge is -2.33. The van der Waals surface area contributed by atoms with Crippen LogP contribution in [0.5, 0.6) is 0 Å². The van der Waals surface area contributed by atoms with E-state index in [1.165, 1.54) is 6.42 Å². The summed E-state index contributed by atoms with van der Waals surface area (Å²) in [5.41, 5.74) is 2.41. The zero-order chi connectivity index (χ0) is 12.4. The molecule has 3 nitrogen and oxygen atoms in total. The number of aryl methyl sites for hydroxylation is 1. The van der Waals surface area contributed by atoms with E-state index < -0.39 is 5.97 Å². The van der Waals surface area contributed by atoms with Gasteiger partial charge < -0.3 is 10.0 Å². The number of hydrogen-bond donors (Lipinski definition) is 1. The van der Waals surface area contributed by atoms with Crippen LogP contribution in [0.1, 0.15) is 35.7 Å². The number of rotatable bonds is 2. The second-order valence-corrected chi connectivity index (χ2v) is 5.02. The van der Waals surface area contributed by atoms with Gasteiger partial charge in [-0.1, -0.05) is 13.0 Å². The van der Waals surface area contributed by atoms with Crippen LogP contribution in [0, 0.1) is 12.8 Å². The molecule has 0 radical (unpaired) electrons. The van der Waals surface area contributed by atoms with Gasteiger partial charge >= 0.3 is 5.97 Å². The molecule has 1 aliphatic rings. The zero-order valence-corrected chi connectivity index (χ0v) is 10.4. The molecular formula is C14H19NO2. The molecule has 1 fully saturated rings. The van der Waals surface area contributed by atoms with Crippen molar-refractivity contribution < 1.29 is 9.90 Å². The van der Waals surface area contributed by atoms with Crippen molar-refractivity contribution in [3.63, 3.8) is 0 Å². The highest BCUT2D eigenvalue weighted by Gasteiger charge is 2.21. The monoisotopic (exact) mass is 233 g/mol. The Labute approximate surface area is 102 Å². The fourth-order valence-corrected chi connectivity index (χ4v) is 2.49. The molecule has 0 bridgehead atoms. The fraction of sp³-hybridized carbons (Fsp3) is 0.500. The van der Waals surface area contributed by atoms with E-state index >= 15 is 0 Å². The maximum Gasteiger partial charge on any atom is 0.337 e. The molecule has 0 aliphatic carbocycles. The topological polar surface area (TPSA) is 40.5 Å². The number of benzene rings is 1. The summed E-state index contributed by atoms with van der Waals surface area (Å²) in [4.78, 5) is 13.4. The third-order valence-electron chi connectivity index (χ3n) is 3.38. The smallest absolute Gasteiger partial charge is 0.337 e. The second-order valence-electron chi connectivity index (χ2n) is 5.02. The van der Waals surface area contributed by atoms with Crippen LogP contribution in [0.3, 0.4) is 0 Å². The average Bonchev–Trinajstić information content (AvgIpc) is 2.28. The van der Waals surface area contributed by atoms with Gasteiger partial charge in [0, 0.05) is 13.1 Å². The lowest BCUT2D eigenvalue weighted by Crippen LogP contribution is -2.35. The first kappa shape index (κ1) is 12.0. The van der Waals surface area contributed by atoms with Gasteiger partial charge in [0.2, 0.25) is 0 Å². The summed E-state index contributed by atoms with van der Waals surface area (Å²) in [6, 6.07) is 5.56. The largest absolute Gasteiger partial charge is 0.478 e. The highest BCUT2D eigenvalue weighted by molar-refractivity contribution is 5.94. The van der Waals surface area contributed by atoms with E-state index in [4.69, 9.17) is 0 Å². The van der Waals surface area contributed by atoms with Crippen molar-refractivity contribution in [3.05, 3.63) is 29.3 Å². The number of carbonyl (C=O) groups is 1. The molecule has 1 heterocycles. The molecule has 1 aromatic carbocycles. The Morgan fingerprint density at radius 2 is 2.24 bits per heavy atom. The SMILES string of the molecule is Cc1ccc(C(=O)O)c(N2CCCC(C)C2)c1. The Morgan fingerprint density at radius 3 is 2.88 bits per heavy atom. The van der Waals surface area contributed by atoms with Crippen LogP contribution in [0.2, 0.25) is 0 Å². The van der Waals surface area contributed by atoms with Gasteiger partial charge in [0.25, 0.3) is 0 Å². The standard InChI is InChI=1S/C14H19NO2/c1-10-5-6-12(14(16)17)13(8-10)15-7-3-4-11(2)9-15/h5-6,8,11H,3-4,7,9H2,1-2H3,(H,16,17). The van der Waals surface area contributed by atoms with Gasteiger partial charge in [0.05, 0.1) is 11.3 Å². The predicted molar refractivity (Wildman–Crippen MR) is 68.7 cm³/mol. The minimum absolute atomic E-state index is 0.421. The predicted octanol–water partition coefficient (Wildman–Crippen LogP) is 2.93. The summed E-state index contributed by atoms with van der Waals surface area (Å²) in [6.07, 6.45) is 2.39. The molecule has 1 atom stereocenters. The Bertz CT molecular complexity index is 428. The van der Waals surface area contributed by atoms with E-state index in [0.717, 1.165) is 30.8 Å². The Balaban J connectivity index is 2.35. The molecule has 1 saturated heterocycles. The first-order chi connectivity index (χ1) is 8.08. The maximum absolute atomic E-state index is 11.2. The molecule has 1 aliphatic heterocycles. The summed E-state index contributed by atoms with van der Waals surface area (Å²) in [6.45, 7) is 6.16. The highest BCUT2D eigenvalue weighted by Crippen LogP contribution is 2.27. The molecule has 0 aromatic heterocycles. The number of nitrogens with zero attached hydrogens (tertiary/aromatic N) is 1. The van der Waals surface area contributed by atoms with Crippen molar-refractivity contribution in [1.82, 2.24) is 0 Å². The molecule has 92 valence electrons. The molecule has 0 spiro atoms. The summed E-state index contributed by atoms with van der Waals surface area (Å²) in [7, 11) is 0. The fourth-order valence-electron chi connectivity index (χ4n) is 2.49. The van der Waals surface area contributed by atoms with E-state index in [1.807, 2.05) is 19.1 Å². The third-order valence-corrected chi connectivity index (χ3v) is 3.38. The van der Waals surface area contributed by atoms with E-state index in [0.29, 0.717) is 11.5 Å². The van der Waals surface area contributed by atoms with Gasteiger partial charge in [-0.15, -0.1) is 0 Å². The molecule has 2 rings (SSSR count). The number of hydrogen-bond acceptors (Lipinski definition) is 2. The number of anilines is 1. The van der Waals surface area contributed by atoms with Crippen molar-refractivity contribution in [1.29, 1.82) is 0 Å². The number of aromatic carboxylic acids is 1. The molecule has 3 heteroatoms. The van der Waals surface area contributed by atoms with Crippen LogP contribution in [-0.2, 0) is 0 Å². The van der Waals surface area contributed by atoms with Crippen molar-refractivity contribution in [2.45, 2.75) is 26.7 Å². The maximum atomic E-state index is 11.2. The van der Waals surface area contributed by atoms with E-state index in [2.05, 4.69) is 11.8 Å². The summed E-state index contributed by atoms with van der Waals surface area (Å²) < 4.78 is 0. The van der Waals surface area contributed by atoms with Gasteiger partial charge in [-0.25, -0.2) is 4.79 Å². The molecule has 1 unspecified atom stereocenters. The van der Waals surface area contributed by atoms with Gasteiger partial charge in [-0.2, -0.15) is 0 Å². The first-order valence-electron chi connectivity index (χ1n) is 6.17. The Morgan fingerprint density at radius 1 is 1.47 bits per heavy atom. The van der Waals surface area contributed by atoms with Crippen LogP contribution in [0.25, 0.3) is 0 Å². The average molecular weight is 233 g/mol. The zero-order valence-electron chi connectivity index (χ0n) is 10.4. The minimum atomic E-state index is -0.835. The first-order valence-corrected chi connectivity index (χ1v) is 6.17. The van der Waals surface area contributed by atoms with Crippen molar-refractivity contribution in [2.75, 3.05) is 18.0 Å². The lowest BCUT2D eigenvalue weighted by atomic mass is 9.98. The normalized spacial score (nSPS) is 20.4. The summed E-state index contributed by atoms with van der Waals surface area (Å²) >= 11 is 0. The number of carboxylic acids is 1. The molecule has 17 heavy (non-hydrogen) atoms. The van der Waals surface area contributed by atoms with Crippen LogP contribution in [0.15, 0.2) is 18.2 Å². The number of piperidine rings is 1. The van der Waals surface area contributed by atoms with Gasteiger partial charge in [0.1, 0.15) is 0 Å². The van der Waals surface area contributed by atoms with Crippen LogP contribution in [-0.4, -0.2) is 24.2 Å². The van der Waals surface area contributed by atoms with Gasteiger partial charge in [0.15, 0.2) is 0 Å². The van der Waals surface area contributed by atoms with Crippen molar-refractivity contribution >= 4 is 11.7 Å². The van der Waals surface area contributed by atoms with E-state index in [1.54, 1.807) is 6.07 Å². The minimum Gasteiger partial charge on any atom is -0.478 e.